The van der Waals surface area contributed by atoms with Gasteiger partial charge in [0.1, 0.15) is 5.82 Å². The van der Waals surface area contributed by atoms with E-state index < -0.39 is 0 Å². The molecule has 0 amide bonds. The maximum atomic E-state index is 13.9. The van der Waals surface area contributed by atoms with Crippen LogP contribution in [0.3, 0.4) is 0 Å². The number of hydrogen-bond donors (Lipinski definition) is 0. The minimum absolute atomic E-state index is 0.0412. The van der Waals surface area contributed by atoms with Crippen molar-refractivity contribution in [1.82, 2.24) is 0 Å². The molecule has 138 valence electrons. The van der Waals surface area contributed by atoms with E-state index in [9.17, 15) is 9.18 Å². The molecule has 0 aliphatic carbocycles. The molecule has 26 heavy (non-hydrogen) atoms. The summed E-state index contributed by atoms with van der Waals surface area (Å²) in [5, 5.41) is 0.501. The summed E-state index contributed by atoms with van der Waals surface area (Å²) >= 11 is 6.27. The average Bonchev–Trinajstić information content (AvgIpc) is 2.53. The maximum absolute atomic E-state index is 13.9. The van der Waals surface area contributed by atoms with Crippen LogP contribution >= 0.6 is 11.6 Å². The second-order valence-corrected chi connectivity index (χ2v) is 8.53. The molecule has 0 radical (unpaired) electrons. The molecule has 2 nitrogen and oxygen atoms in total. The minimum Gasteiger partial charge on any atom is -0.366 e. The third kappa shape index (κ3) is 3.78. The van der Waals surface area contributed by atoms with Crippen molar-refractivity contribution in [3.8, 4) is 0 Å². The van der Waals surface area contributed by atoms with Crippen LogP contribution in [0.5, 0.6) is 0 Å². The number of Topliss-reactive ketones (excluding diaryl/α,β-unsaturated/α-hetero) is 1. The Bertz CT molecular complexity index is 841. The Balaban J connectivity index is 1.91. The third-order valence-electron chi connectivity index (χ3n) is 5.09. The van der Waals surface area contributed by atoms with E-state index in [4.69, 9.17) is 11.6 Å². The first-order valence-corrected chi connectivity index (χ1v) is 9.41. The number of benzene rings is 2. The van der Waals surface area contributed by atoms with E-state index in [0.717, 1.165) is 29.8 Å². The molecule has 4 heteroatoms. The number of nitrogens with zero attached hydrogens (tertiary/aromatic N) is 1. The molecule has 0 saturated carbocycles. The molecule has 0 N–H and O–H groups in total. The summed E-state index contributed by atoms with van der Waals surface area (Å²) < 4.78 is 13.9. The lowest BCUT2D eigenvalue weighted by Crippen LogP contribution is -2.45. The second-order valence-electron chi connectivity index (χ2n) is 8.12. The van der Waals surface area contributed by atoms with Crippen LogP contribution in [0, 0.1) is 12.7 Å². The summed E-state index contributed by atoms with van der Waals surface area (Å²) in [6.45, 7) is 9.13. The van der Waals surface area contributed by atoms with Gasteiger partial charge in [0.2, 0.25) is 0 Å². The Morgan fingerprint density at radius 2 is 1.96 bits per heavy atom. The number of ketones is 1. The first-order valence-electron chi connectivity index (χ1n) is 9.03. The van der Waals surface area contributed by atoms with E-state index in [1.165, 1.54) is 6.07 Å². The summed E-state index contributed by atoms with van der Waals surface area (Å²) in [6, 6.07) is 10.4. The number of halogens is 2. The van der Waals surface area contributed by atoms with Crippen LogP contribution < -0.4 is 4.90 Å². The summed E-state index contributed by atoms with van der Waals surface area (Å²) in [7, 11) is 0. The lowest BCUT2D eigenvalue weighted by atomic mass is 9.83. The van der Waals surface area contributed by atoms with Gasteiger partial charge in [-0.2, -0.15) is 0 Å². The minimum atomic E-state index is -0.244. The highest BCUT2D eigenvalue weighted by Gasteiger charge is 2.32. The standard InChI is InChI=1S/C22H25ClFNO/c1-14-5-7-18(19(23)11-14)21(26)12-15-9-10-25(22(2,3)4)20-13-16(24)6-8-17(15)20/h5-8,11,13,15H,9-10,12H2,1-4H3. The Morgan fingerprint density at radius 1 is 1.23 bits per heavy atom. The largest absolute Gasteiger partial charge is 0.366 e. The maximum Gasteiger partial charge on any atom is 0.164 e. The molecule has 0 fully saturated rings. The van der Waals surface area contributed by atoms with Crippen LogP contribution in [0.4, 0.5) is 10.1 Å². The Morgan fingerprint density at radius 3 is 2.62 bits per heavy atom. The predicted octanol–water partition coefficient (Wildman–Crippen LogP) is 6.15. The molecule has 0 bridgehead atoms. The van der Waals surface area contributed by atoms with Crippen molar-refractivity contribution in [3.05, 3.63) is 63.9 Å². The molecule has 1 aliphatic rings. The number of carbonyl (C=O) groups is 1. The average molecular weight is 374 g/mol. The molecular weight excluding hydrogens is 349 g/mol. The molecule has 2 aromatic rings. The number of aryl methyl sites for hydroxylation is 1. The van der Waals surface area contributed by atoms with Crippen LogP contribution in [-0.2, 0) is 0 Å². The van der Waals surface area contributed by atoms with Gasteiger partial charge in [-0.3, -0.25) is 4.79 Å². The highest BCUT2D eigenvalue weighted by molar-refractivity contribution is 6.34. The van der Waals surface area contributed by atoms with Crippen molar-refractivity contribution in [1.29, 1.82) is 0 Å². The van der Waals surface area contributed by atoms with Crippen LogP contribution in [0.2, 0.25) is 5.02 Å². The zero-order chi connectivity index (χ0) is 19.1. The van der Waals surface area contributed by atoms with Crippen molar-refractivity contribution in [2.45, 2.75) is 52.0 Å². The fourth-order valence-corrected chi connectivity index (χ4v) is 4.09. The van der Waals surface area contributed by atoms with Gasteiger partial charge in [0, 0.05) is 29.8 Å². The van der Waals surface area contributed by atoms with E-state index >= 15 is 0 Å². The predicted molar refractivity (Wildman–Crippen MR) is 106 cm³/mol. The van der Waals surface area contributed by atoms with Crippen molar-refractivity contribution >= 4 is 23.1 Å². The molecule has 0 spiro atoms. The molecule has 2 aromatic carbocycles. The molecular formula is C22H25ClFNO. The van der Waals surface area contributed by atoms with E-state index in [1.807, 2.05) is 25.1 Å². The second kappa shape index (κ2) is 7.03. The topological polar surface area (TPSA) is 20.3 Å². The highest BCUT2D eigenvalue weighted by atomic mass is 35.5. The lowest BCUT2D eigenvalue weighted by Gasteiger charge is -2.44. The van der Waals surface area contributed by atoms with Crippen molar-refractivity contribution < 1.29 is 9.18 Å². The SMILES string of the molecule is Cc1ccc(C(=O)CC2CCN(C(C)(C)C)c3cc(F)ccc32)c(Cl)c1. The van der Waals surface area contributed by atoms with Crippen molar-refractivity contribution in [2.24, 2.45) is 0 Å². The Labute approximate surface area is 160 Å². The molecule has 1 heterocycles. The number of fused-ring (bicyclic) bond motifs is 1. The lowest BCUT2D eigenvalue weighted by molar-refractivity contribution is 0.0972. The third-order valence-corrected chi connectivity index (χ3v) is 5.40. The molecule has 1 unspecified atom stereocenters. The van der Waals surface area contributed by atoms with Gasteiger partial charge in [0.05, 0.1) is 5.02 Å². The van der Waals surface area contributed by atoms with Crippen LogP contribution in [0.15, 0.2) is 36.4 Å². The van der Waals surface area contributed by atoms with E-state index in [1.54, 1.807) is 12.1 Å². The summed E-state index contributed by atoms with van der Waals surface area (Å²) in [5.74, 6) is -0.125. The van der Waals surface area contributed by atoms with Crippen molar-refractivity contribution in [2.75, 3.05) is 11.4 Å². The molecule has 0 aromatic heterocycles. The first-order chi connectivity index (χ1) is 12.2. The van der Waals surface area contributed by atoms with Gasteiger partial charge in [-0.15, -0.1) is 0 Å². The Kier molecular flexibility index (Phi) is 5.12. The van der Waals surface area contributed by atoms with Gasteiger partial charge >= 0.3 is 0 Å². The van der Waals surface area contributed by atoms with Gasteiger partial charge in [-0.1, -0.05) is 23.7 Å². The van der Waals surface area contributed by atoms with Crippen molar-refractivity contribution in [3.63, 3.8) is 0 Å². The Hall–Kier alpha value is -1.87. The van der Waals surface area contributed by atoms with Crippen LogP contribution in [0.1, 0.15) is 61.0 Å². The molecule has 3 rings (SSSR count). The first kappa shape index (κ1) is 18.9. The fourth-order valence-electron chi connectivity index (χ4n) is 3.75. The van der Waals surface area contributed by atoms with E-state index in [2.05, 4.69) is 25.7 Å². The van der Waals surface area contributed by atoms with Crippen LogP contribution in [-0.4, -0.2) is 17.9 Å². The monoisotopic (exact) mass is 373 g/mol. The van der Waals surface area contributed by atoms with E-state index in [-0.39, 0.29) is 23.1 Å². The normalized spacial score (nSPS) is 17.2. The highest BCUT2D eigenvalue weighted by Crippen LogP contribution is 2.41. The summed E-state index contributed by atoms with van der Waals surface area (Å²) in [4.78, 5) is 15.1. The fraction of sp³-hybridized carbons (Fsp3) is 0.409. The van der Waals surface area contributed by atoms with E-state index in [0.29, 0.717) is 17.0 Å². The molecule has 1 atom stereocenters. The summed E-state index contributed by atoms with van der Waals surface area (Å²) in [6.07, 6.45) is 1.25. The quantitative estimate of drug-likeness (QED) is 0.601. The summed E-state index contributed by atoms with van der Waals surface area (Å²) in [5.41, 5.74) is 3.45. The van der Waals surface area contributed by atoms with Crippen LogP contribution in [0.25, 0.3) is 0 Å². The van der Waals surface area contributed by atoms with Gasteiger partial charge in [0.15, 0.2) is 5.78 Å². The zero-order valence-electron chi connectivity index (χ0n) is 15.8. The number of carbonyl (C=O) groups excluding carboxylic acids is 1. The van der Waals surface area contributed by atoms with Gasteiger partial charge < -0.3 is 4.90 Å². The number of anilines is 1. The van der Waals surface area contributed by atoms with Gasteiger partial charge in [-0.05, 0) is 75.4 Å². The molecule has 1 aliphatic heterocycles. The zero-order valence-corrected chi connectivity index (χ0v) is 16.5. The smallest absolute Gasteiger partial charge is 0.164 e. The number of rotatable bonds is 3. The molecule has 0 saturated heterocycles. The van der Waals surface area contributed by atoms with Gasteiger partial charge in [0.25, 0.3) is 0 Å². The van der Waals surface area contributed by atoms with Gasteiger partial charge in [-0.25, -0.2) is 4.39 Å². The number of hydrogen-bond acceptors (Lipinski definition) is 2.